The standard InChI is InChI=1S/C13H28N2/c1-3-6-12(2)11-15-10-5-8-13(15)7-4-9-14/h12-13H,3-11,14H2,1-2H3. The SMILES string of the molecule is CCCC(C)CN1CCCC1CCCN. The molecule has 0 aromatic heterocycles. The van der Waals surface area contributed by atoms with Crippen molar-refractivity contribution in [3.8, 4) is 0 Å². The van der Waals surface area contributed by atoms with Crippen LogP contribution in [0.1, 0.15) is 52.4 Å². The monoisotopic (exact) mass is 212 g/mol. The molecule has 2 N–H and O–H groups in total. The van der Waals surface area contributed by atoms with Crippen molar-refractivity contribution in [3.63, 3.8) is 0 Å². The minimum atomic E-state index is 0.841. The van der Waals surface area contributed by atoms with E-state index < -0.39 is 0 Å². The van der Waals surface area contributed by atoms with Gasteiger partial charge < -0.3 is 10.6 Å². The number of hydrogen-bond acceptors (Lipinski definition) is 2. The summed E-state index contributed by atoms with van der Waals surface area (Å²) < 4.78 is 0. The Morgan fingerprint density at radius 2 is 2.27 bits per heavy atom. The van der Waals surface area contributed by atoms with Crippen LogP contribution in [0.5, 0.6) is 0 Å². The van der Waals surface area contributed by atoms with Crippen molar-refractivity contribution in [2.75, 3.05) is 19.6 Å². The molecule has 15 heavy (non-hydrogen) atoms. The van der Waals surface area contributed by atoms with E-state index in [1.54, 1.807) is 0 Å². The van der Waals surface area contributed by atoms with E-state index >= 15 is 0 Å². The average molecular weight is 212 g/mol. The highest BCUT2D eigenvalue weighted by Gasteiger charge is 2.24. The van der Waals surface area contributed by atoms with Gasteiger partial charge in [-0.15, -0.1) is 0 Å². The molecule has 1 saturated heterocycles. The molecule has 0 aromatic carbocycles. The Labute approximate surface area is 95.2 Å². The predicted octanol–water partition coefficient (Wildman–Crippen LogP) is 2.63. The van der Waals surface area contributed by atoms with Crippen LogP contribution in [0.15, 0.2) is 0 Å². The molecule has 0 bridgehead atoms. The lowest BCUT2D eigenvalue weighted by Crippen LogP contribution is -2.33. The quantitative estimate of drug-likeness (QED) is 0.703. The molecule has 1 aliphatic rings. The second-order valence-electron chi connectivity index (χ2n) is 5.12. The number of rotatable bonds is 7. The molecular formula is C13H28N2. The van der Waals surface area contributed by atoms with Gasteiger partial charge in [0.1, 0.15) is 0 Å². The van der Waals surface area contributed by atoms with Gasteiger partial charge in [0.15, 0.2) is 0 Å². The van der Waals surface area contributed by atoms with Crippen molar-refractivity contribution < 1.29 is 0 Å². The Kier molecular flexibility index (Phi) is 6.26. The molecule has 0 amide bonds. The van der Waals surface area contributed by atoms with E-state index in [-0.39, 0.29) is 0 Å². The Hall–Kier alpha value is -0.0800. The first-order valence-corrected chi connectivity index (χ1v) is 6.72. The second-order valence-corrected chi connectivity index (χ2v) is 5.12. The van der Waals surface area contributed by atoms with E-state index in [0.29, 0.717) is 0 Å². The summed E-state index contributed by atoms with van der Waals surface area (Å²) in [6.07, 6.45) is 8.01. The summed E-state index contributed by atoms with van der Waals surface area (Å²) in [5.41, 5.74) is 5.58. The molecule has 2 unspecified atom stereocenters. The average Bonchev–Trinajstić information content (AvgIpc) is 2.63. The van der Waals surface area contributed by atoms with Crippen molar-refractivity contribution in [3.05, 3.63) is 0 Å². The smallest absolute Gasteiger partial charge is 0.00963 e. The van der Waals surface area contributed by atoms with Crippen molar-refractivity contribution >= 4 is 0 Å². The van der Waals surface area contributed by atoms with E-state index in [1.165, 1.54) is 51.6 Å². The van der Waals surface area contributed by atoms with Gasteiger partial charge in [-0.05, 0) is 51.1 Å². The third-order valence-corrected chi connectivity index (χ3v) is 3.57. The van der Waals surface area contributed by atoms with Gasteiger partial charge in [-0.3, -0.25) is 0 Å². The van der Waals surface area contributed by atoms with Crippen LogP contribution in [-0.2, 0) is 0 Å². The molecule has 1 heterocycles. The zero-order valence-corrected chi connectivity index (χ0v) is 10.5. The maximum absolute atomic E-state index is 5.58. The summed E-state index contributed by atoms with van der Waals surface area (Å²) in [5.74, 6) is 0.869. The number of hydrogen-bond donors (Lipinski definition) is 1. The highest BCUT2D eigenvalue weighted by Crippen LogP contribution is 2.23. The third-order valence-electron chi connectivity index (χ3n) is 3.57. The molecule has 0 saturated carbocycles. The molecule has 0 aromatic rings. The van der Waals surface area contributed by atoms with Gasteiger partial charge in [-0.25, -0.2) is 0 Å². The molecule has 90 valence electrons. The van der Waals surface area contributed by atoms with Crippen LogP contribution >= 0.6 is 0 Å². The first kappa shape index (κ1) is 13.0. The second kappa shape index (κ2) is 7.24. The summed E-state index contributed by atoms with van der Waals surface area (Å²) in [4.78, 5) is 2.70. The Balaban J connectivity index is 2.26. The van der Waals surface area contributed by atoms with E-state index in [4.69, 9.17) is 5.73 Å². The molecule has 2 atom stereocenters. The first-order valence-electron chi connectivity index (χ1n) is 6.72. The fraction of sp³-hybridized carbons (Fsp3) is 1.00. The molecule has 0 aliphatic carbocycles. The summed E-state index contributed by atoms with van der Waals surface area (Å²) in [5, 5.41) is 0. The zero-order chi connectivity index (χ0) is 11.1. The van der Waals surface area contributed by atoms with Crippen LogP contribution in [0, 0.1) is 5.92 Å². The normalized spacial score (nSPS) is 24.6. The summed E-state index contributed by atoms with van der Waals surface area (Å²) >= 11 is 0. The minimum absolute atomic E-state index is 0.841. The van der Waals surface area contributed by atoms with Crippen LogP contribution < -0.4 is 5.73 Å². The van der Waals surface area contributed by atoms with Gasteiger partial charge in [0, 0.05) is 12.6 Å². The highest BCUT2D eigenvalue weighted by molar-refractivity contribution is 4.80. The van der Waals surface area contributed by atoms with Gasteiger partial charge >= 0.3 is 0 Å². The van der Waals surface area contributed by atoms with Gasteiger partial charge in [-0.2, -0.15) is 0 Å². The topological polar surface area (TPSA) is 29.3 Å². The maximum Gasteiger partial charge on any atom is 0.00963 e. The number of likely N-dealkylation sites (tertiary alicyclic amines) is 1. The van der Waals surface area contributed by atoms with Crippen LogP contribution in [0.2, 0.25) is 0 Å². The van der Waals surface area contributed by atoms with E-state index in [9.17, 15) is 0 Å². The maximum atomic E-state index is 5.58. The molecular weight excluding hydrogens is 184 g/mol. The fourth-order valence-corrected chi connectivity index (χ4v) is 2.80. The lowest BCUT2D eigenvalue weighted by molar-refractivity contribution is 0.205. The molecule has 2 heteroatoms. The molecule has 1 aliphatic heterocycles. The largest absolute Gasteiger partial charge is 0.330 e. The molecule has 0 spiro atoms. The van der Waals surface area contributed by atoms with Crippen LogP contribution in [0.3, 0.4) is 0 Å². The van der Waals surface area contributed by atoms with Gasteiger partial charge in [-0.1, -0.05) is 20.3 Å². The summed E-state index contributed by atoms with van der Waals surface area (Å²) in [7, 11) is 0. The third kappa shape index (κ3) is 4.52. The minimum Gasteiger partial charge on any atom is -0.330 e. The highest BCUT2D eigenvalue weighted by atomic mass is 15.2. The summed E-state index contributed by atoms with van der Waals surface area (Å²) in [6.45, 7) is 8.16. The Bertz CT molecular complexity index is 159. The van der Waals surface area contributed by atoms with Gasteiger partial charge in [0.25, 0.3) is 0 Å². The lowest BCUT2D eigenvalue weighted by Gasteiger charge is -2.27. The molecule has 1 rings (SSSR count). The van der Waals surface area contributed by atoms with Crippen LogP contribution in [-0.4, -0.2) is 30.6 Å². The summed E-state index contributed by atoms with van der Waals surface area (Å²) in [6, 6.07) is 0.841. The van der Waals surface area contributed by atoms with E-state index in [0.717, 1.165) is 18.5 Å². The van der Waals surface area contributed by atoms with Crippen molar-refractivity contribution in [2.45, 2.75) is 58.4 Å². The van der Waals surface area contributed by atoms with Crippen molar-refractivity contribution in [1.82, 2.24) is 4.90 Å². The predicted molar refractivity (Wildman–Crippen MR) is 67.0 cm³/mol. The van der Waals surface area contributed by atoms with Gasteiger partial charge in [0.2, 0.25) is 0 Å². The zero-order valence-electron chi connectivity index (χ0n) is 10.5. The van der Waals surface area contributed by atoms with Gasteiger partial charge in [0.05, 0.1) is 0 Å². The first-order chi connectivity index (χ1) is 7.27. The van der Waals surface area contributed by atoms with E-state index in [2.05, 4.69) is 18.7 Å². The van der Waals surface area contributed by atoms with Crippen LogP contribution in [0.25, 0.3) is 0 Å². The number of nitrogens with zero attached hydrogens (tertiary/aromatic N) is 1. The fourth-order valence-electron chi connectivity index (χ4n) is 2.80. The molecule has 0 radical (unpaired) electrons. The van der Waals surface area contributed by atoms with Crippen molar-refractivity contribution in [2.24, 2.45) is 11.7 Å². The number of nitrogens with two attached hydrogens (primary N) is 1. The molecule has 2 nitrogen and oxygen atoms in total. The lowest BCUT2D eigenvalue weighted by atomic mass is 10.0. The van der Waals surface area contributed by atoms with Crippen LogP contribution in [0.4, 0.5) is 0 Å². The Morgan fingerprint density at radius 3 is 2.93 bits per heavy atom. The Morgan fingerprint density at radius 1 is 1.47 bits per heavy atom. The molecule has 1 fully saturated rings. The van der Waals surface area contributed by atoms with E-state index in [1.807, 2.05) is 0 Å². The van der Waals surface area contributed by atoms with Crippen molar-refractivity contribution in [1.29, 1.82) is 0 Å².